The van der Waals surface area contributed by atoms with E-state index in [9.17, 15) is 9.59 Å². The minimum atomic E-state index is -0.543. The van der Waals surface area contributed by atoms with Crippen LogP contribution >= 0.6 is 0 Å². The number of aromatic nitrogens is 1. The van der Waals surface area contributed by atoms with Gasteiger partial charge in [0.15, 0.2) is 0 Å². The van der Waals surface area contributed by atoms with Crippen molar-refractivity contribution in [2.24, 2.45) is 0 Å². The van der Waals surface area contributed by atoms with E-state index in [1.807, 2.05) is 31.2 Å². The number of anilines is 1. The maximum Gasteiger partial charge on any atom is 0.295 e. The molecule has 3 rings (SSSR count). The second kappa shape index (κ2) is 9.45. The number of pyridine rings is 1. The zero-order valence-electron chi connectivity index (χ0n) is 16.3. The number of rotatable bonds is 8. The minimum Gasteiger partial charge on any atom is -0.497 e. The lowest BCUT2D eigenvalue weighted by molar-refractivity contribution is 0.0862. The van der Waals surface area contributed by atoms with E-state index >= 15 is 0 Å². The normalized spacial score (nSPS) is 10.3. The van der Waals surface area contributed by atoms with Crippen molar-refractivity contribution in [3.05, 3.63) is 88.3 Å². The average molecular weight is 394 g/mol. The molecule has 1 N–H and O–H groups in total. The Bertz CT molecular complexity index is 1030. The number of nitrogens with zero attached hydrogens (tertiary/aromatic N) is 1. The molecule has 150 valence electrons. The second-order valence-electron chi connectivity index (χ2n) is 6.09. The van der Waals surface area contributed by atoms with Gasteiger partial charge in [0.05, 0.1) is 13.7 Å². The molecule has 1 heterocycles. The molecule has 3 aromatic rings. The van der Waals surface area contributed by atoms with E-state index in [-0.39, 0.29) is 12.2 Å². The van der Waals surface area contributed by atoms with Crippen molar-refractivity contribution >= 4 is 11.6 Å². The lowest BCUT2D eigenvalue weighted by atomic mass is 10.2. The Morgan fingerprint density at radius 2 is 1.83 bits per heavy atom. The van der Waals surface area contributed by atoms with Crippen LogP contribution in [0.1, 0.15) is 22.8 Å². The highest BCUT2D eigenvalue weighted by atomic mass is 16.7. The molecule has 1 aromatic heterocycles. The van der Waals surface area contributed by atoms with Crippen molar-refractivity contribution in [2.45, 2.75) is 13.5 Å². The van der Waals surface area contributed by atoms with Gasteiger partial charge in [0, 0.05) is 11.9 Å². The molecule has 0 unspecified atom stereocenters. The third kappa shape index (κ3) is 5.16. The topological polar surface area (TPSA) is 78.8 Å². The van der Waals surface area contributed by atoms with Gasteiger partial charge >= 0.3 is 0 Å². The quantitative estimate of drug-likeness (QED) is 0.635. The maximum atomic E-state index is 12.6. The van der Waals surface area contributed by atoms with Gasteiger partial charge in [0.1, 0.15) is 23.7 Å². The Morgan fingerprint density at radius 3 is 2.55 bits per heavy atom. The van der Waals surface area contributed by atoms with Crippen LogP contribution in [0, 0.1) is 0 Å². The highest BCUT2D eigenvalue weighted by Crippen LogP contribution is 2.16. The van der Waals surface area contributed by atoms with Gasteiger partial charge in [-0.3, -0.25) is 9.59 Å². The molecule has 1 amide bonds. The molecular weight excluding hydrogens is 372 g/mol. The molecule has 0 radical (unpaired) electrons. The number of benzene rings is 2. The number of carbonyl (C=O) groups excluding carboxylic acids is 1. The standard InChI is InChI=1S/C22H22N2O5/c1-3-28-18-11-9-17(10-12-18)23-21(25)20-8-5-13-24(22(20)26)29-15-16-6-4-7-19(14-16)27-2/h4-14H,3,15H2,1-2H3,(H,23,25). The summed E-state index contributed by atoms with van der Waals surface area (Å²) in [4.78, 5) is 30.7. The van der Waals surface area contributed by atoms with Gasteiger partial charge in [0.25, 0.3) is 11.5 Å². The average Bonchev–Trinajstić information content (AvgIpc) is 2.74. The molecule has 0 aliphatic rings. The summed E-state index contributed by atoms with van der Waals surface area (Å²) in [5, 5.41) is 2.70. The fourth-order valence-electron chi connectivity index (χ4n) is 2.66. The fourth-order valence-corrected chi connectivity index (χ4v) is 2.66. The van der Waals surface area contributed by atoms with Crippen molar-refractivity contribution in [2.75, 3.05) is 19.0 Å². The maximum absolute atomic E-state index is 12.6. The second-order valence-corrected chi connectivity index (χ2v) is 6.09. The summed E-state index contributed by atoms with van der Waals surface area (Å²) in [5.41, 5.74) is 0.830. The Morgan fingerprint density at radius 1 is 1.03 bits per heavy atom. The van der Waals surface area contributed by atoms with E-state index in [2.05, 4.69) is 5.32 Å². The smallest absolute Gasteiger partial charge is 0.295 e. The van der Waals surface area contributed by atoms with Crippen LogP contribution < -0.4 is 25.2 Å². The highest BCUT2D eigenvalue weighted by molar-refractivity contribution is 6.03. The van der Waals surface area contributed by atoms with Gasteiger partial charge in [0.2, 0.25) is 0 Å². The molecular formula is C22H22N2O5. The first kappa shape index (κ1) is 20.0. The van der Waals surface area contributed by atoms with Crippen LogP contribution in [0.25, 0.3) is 0 Å². The van der Waals surface area contributed by atoms with Crippen LogP contribution in [0.3, 0.4) is 0 Å². The van der Waals surface area contributed by atoms with Crippen molar-refractivity contribution in [1.82, 2.24) is 4.73 Å². The largest absolute Gasteiger partial charge is 0.497 e. The number of hydrogen-bond donors (Lipinski definition) is 1. The molecule has 0 aliphatic carbocycles. The van der Waals surface area contributed by atoms with Gasteiger partial charge in [-0.1, -0.05) is 12.1 Å². The molecule has 0 fully saturated rings. The summed E-state index contributed by atoms with van der Waals surface area (Å²) in [6.45, 7) is 2.61. The summed E-state index contributed by atoms with van der Waals surface area (Å²) in [7, 11) is 1.58. The third-order valence-corrected chi connectivity index (χ3v) is 4.09. The highest BCUT2D eigenvalue weighted by Gasteiger charge is 2.13. The van der Waals surface area contributed by atoms with E-state index in [1.165, 1.54) is 12.3 Å². The Balaban J connectivity index is 1.70. The monoisotopic (exact) mass is 394 g/mol. The molecule has 2 aromatic carbocycles. The number of carbonyl (C=O) groups is 1. The number of nitrogens with one attached hydrogen (secondary N) is 1. The summed E-state index contributed by atoms with van der Waals surface area (Å²) in [6, 6.07) is 17.3. The van der Waals surface area contributed by atoms with Crippen LogP contribution in [0.15, 0.2) is 71.7 Å². The third-order valence-electron chi connectivity index (χ3n) is 4.09. The Kier molecular flexibility index (Phi) is 6.52. The molecule has 0 aliphatic heterocycles. The van der Waals surface area contributed by atoms with E-state index in [4.69, 9.17) is 14.3 Å². The van der Waals surface area contributed by atoms with Crippen molar-refractivity contribution in [1.29, 1.82) is 0 Å². The molecule has 29 heavy (non-hydrogen) atoms. The lowest BCUT2D eigenvalue weighted by Gasteiger charge is -2.11. The fraction of sp³-hybridized carbons (Fsp3) is 0.182. The predicted octanol–water partition coefficient (Wildman–Crippen LogP) is 3.14. The Labute approximate surface area is 168 Å². The molecule has 0 saturated heterocycles. The van der Waals surface area contributed by atoms with E-state index in [1.54, 1.807) is 37.4 Å². The van der Waals surface area contributed by atoms with Crippen LogP contribution in [0.4, 0.5) is 5.69 Å². The van der Waals surface area contributed by atoms with Crippen molar-refractivity contribution < 1.29 is 19.1 Å². The zero-order chi connectivity index (χ0) is 20.6. The van der Waals surface area contributed by atoms with Crippen molar-refractivity contribution in [3.63, 3.8) is 0 Å². The van der Waals surface area contributed by atoms with Gasteiger partial charge < -0.3 is 19.6 Å². The van der Waals surface area contributed by atoms with Gasteiger partial charge in [-0.2, -0.15) is 4.73 Å². The van der Waals surface area contributed by atoms with Crippen LogP contribution in [0.5, 0.6) is 11.5 Å². The van der Waals surface area contributed by atoms with Gasteiger partial charge in [-0.25, -0.2) is 0 Å². The summed E-state index contributed by atoms with van der Waals surface area (Å²) in [6.07, 6.45) is 1.47. The first-order chi connectivity index (χ1) is 14.1. The number of methoxy groups -OCH3 is 1. The lowest BCUT2D eigenvalue weighted by Crippen LogP contribution is -2.32. The minimum absolute atomic E-state index is 0.0213. The summed E-state index contributed by atoms with van der Waals surface area (Å²) >= 11 is 0. The predicted molar refractivity (Wildman–Crippen MR) is 110 cm³/mol. The van der Waals surface area contributed by atoms with Crippen LogP contribution in [-0.4, -0.2) is 24.4 Å². The molecule has 0 saturated carbocycles. The first-order valence-corrected chi connectivity index (χ1v) is 9.13. The number of amides is 1. The zero-order valence-corrected chi connectivity index (χ0v) is 16.3. The molecule has 0 atom stereocenters. The van der Waals surface area contributed by atoms with Crippen LogP contribution in [0.2, 0.25) is 0 Å². The van der Waals surface area contributed by atoms with Crippen molar-refractivity contribution in [3.8, 4) is 11.5 Å². The van der Waals surface area contributed by atoms with E-state index in [0.29, 0.717) is 23.8 Å². The molecule has 7 nitrogen and oxygen atoms in total. The number of ether oxygens (including phenoxy) is 2. The van der Waals surface area contributed by atoms with Gasteiger partial charge in [-0.05, 0) is 61.0 Å². The molecule has 7 heteroatoms. The molecule has 0 bridgehead atoms. The van der Waals surface area contributed by atoms with Gasteiger partial charge in [-0.15, -0.1) is 0 Å². The summed E-state index contributed by atoms with van der Waals surface area (Å²) in [5.74, 6) is 0.888. The first-order valence-electron chi connectivity index (χ1n) is 9.13. The molecule has 0 spiro atoms. The summed E-state index contributed by atoms with van der Waals surface area (Å²) < 4.78 is 11.6. The Hall–Kier alpha value is -3.74. The van der Waals surface area contributed by atoms with Crippen LogP contribution in [-0.2, 0) is 6.61 Å². The van der Waals surface area contributed by atoms with E-state index in [0.717, 1.165) is 10.3 Å². The SMILES string of the molecule is CCOc1ccc(NC(=O)c2cccn(OCc3cccc(OC)c3)c2=O)cc1. The number of hydrogen-bond acceptors (Lipinski definition) is 5. The van der Waals surface area contributed by atoms with E-state index < -0.39 is 11.5 Å².